The van der Waals surface area contributed by atoms with E-state index in [4.69, 9.17) is 5.73 Å². The predicted octanol–water partition coefficient (Wildman–Crippen LogP) is 2.15. The van der Waals surface area contributed by atoms with Gasteiger partial charge in [-0.3, -0.25) is 9.69 Å². The second-order valence-corrected chi connectivity index (χ2v) is 6.60. The Morgan fingerprint density at radius 1 is 0.867 bits per heavy atom. The second-order valence-electron chi connectivity index (χ2n) is 6.60. The Hall–Kier alpha value is -0.570. The molecule has 0 heterocycles. The molecule has 1 amide bonds. The summed E-state index contributed by atoms with van der Waals surface area (Å²) in [4.78, 5) is 13.7. The monoisotopic (exact) mass is 214 g/mol. The van der Waals surface area contributed by atoms with Crippen LogP contribution in [0.15, 0.2) is 0 Å². The number of nitrogens with two attached hydrogens (primary N) is 1. The summed E-state index contributed by atoms with van der Waals surface area (Å²) in [5.41, 5.74) is 4.64. The minimum atomic E-state index is -0.642. The third-order valence-electron chi connectivity index (χ3n) is 2.50. The number of rotatable bonds is 2. The summed E-state index contributed by atoms with van der Waals surface area (Å²) in [6, 6.07) is 0. The summed E-state index contributed by atoms with van der Waals surface area (Å²) in [6.07, 6.45) is 0. The van der Waals surface area contributed by atoms with Gasteiger partial charge in [-0.15, -0.1) is 0 Å². The molecule has 0 aliphatic carbocycles. The van der Waals surface area contributed by atoms with Crippen LogP contribution >= 0.6 is 0 Å². The van der Waals surface area contributed by atoms with Crippen molar-refractivity contribution >= 4 is 5.91 Å². The van der Waals surface area contributed by atoms with E-state index in [1.54, 1.807) is 0 Å². The van der Waals surface area contributed by atoms with Crippen LogP contribution in [-0.2, 0) is 4.79 Å². The van der Waals surface area contributed by atoms with Crippen LogP contribution in [0.4, 0.5) is 0 Å². The van der Waals surface area contributed by atoms with E-state index in [9.17, 15) is 4.79 Å². The van der Waals surface area contributed by atoms with Gasteiger partial charge in [0, 0.05) is 11.1 Å². The molecule has 0 aliphatic rings. The maximum Gasteiger partial charge on any atom is 0.237 e. The van der Waals surface area contributed by atoms with Gasteiger partial charge in [-0.25, -0.2) is 0 Å². The lowest BCUT2D eigenvalue weighted by Crippen LogP contribution is -2.66. The fraction of sp³-hybridized carbons (Fsp3) is 0.917. The minimum Gasteiger partial charge on any atom is -0.368 e. The number of hydrogen-bond acceptors (Lipinski definition) is 2. The van der Waals surface area contributed by atoms with Gasteiger partial charge in [0.25, 0.3) is 0 Å². The van der Waals surface area contributed by atoms with Crippen molar-refractivity contribution in [3.8, 4) is 0 Å². The molecule has 0 radical (unpaired) electrons. The number of amides is 1. The lowest BCUT2D eigenvalue weighted by atomic mass is 9.86. The zero-order valence-corrected chi connectivity index (χ0v) is 11.4. The smallest absolute Gasteiger partial charge is 0.237 e. The zero-order chi connectivity index (χ0) is 12.7. The van der Waals surface area contributed by atoms with E-state index in [2.05, 4.69) is 46.4 Å². The number of primary amides is 1. The standard InChI is InChI=1S/C12H26N2O/c1-10(2,3)14(11(4,5)6)12(7,8)9(13)15/h1-8H3,(H2,13,15). The van der Waals surface area contributed by atoms with Crippen molar-refractivity contribution in [3.63, 3.8) is 0 Å². The summed E-state index contributed by atoms with van der Waals surface area (Å²) < 4.78 is 0. The predicted molar refractivity (Wildman–Crippen MR) is 64.6 cm³/mol. The fourth-order valence-corrected chi connectivity index (χ4v) is 2.79. The second kappa shape index (κ2) is 3.78. The van der Waals surface area contributed by atoms with E-state index in [0.717, 1.165) is 0 Å². The molecule has 15 heavy (non-hydrogen) atoms. The van der Waals surface area contributed by atoms with E-state index in [-0.39, 0.29) is 17.0 Å². The summed E-state index contributed by atoms with van der Waals surface area (Å²) >= 11 is 0. The van der Waals surface area contributed by atoms with Gasteiger partial charge >= 0.3 is 0 Å². The Kier molecular flexibility index (Phi) is 3.64. The molecule has 0 aromatic rings. The van der Waals surface area contributed by atoms with Crippen LogP contribution in [0.25, 0.3) is 0 Å². The fourth-order valence-electron chi connectivity index (χ4n) is 2.79. The third-order valence-corrected chi connectivity index (χ3v) is 2.50. The Bertz CT molecular complexity index is 229. The van der Waals surface area contributed by atoms with Gasteiger partial charge in [-0.05, 0) is 55.4 Å². The molecule has 3 heteroatoms. The normalized spacial score (nSPS) is 14.5. The molecule has 0 fully saturated rings. The van der Waals surface area contributed by atoms with Gasteiger partial charge in [0.1, 0.15) is 0 Å². The Morgan fingerprint density at radius 3 is 1.20 bits per heavy atom. The molecule has 2 N–H and O–H groups in total. The first-order valence-corrected chi connectivity index (χ1v) is 5.41. The minimum absolute atomic E-state index is 0.100. The zero-order valence-electron chi connectivity index (χ0n) is 11.4. The van der Waals surface area contributed by atoms with Crippen molar-refractivity contribution in [3.05, 3.63) is 0 Å². The van der Waals surface area contributed by atoms with Gasteiger partial charge in [0.05, 0.1) is 5.54 Å². The molecule has 0 atom stereocenters. The van der Waals surface area contributed by atoms with Gasteiger partial charge < -0.3 is 5.73 Å². The molecule has 0 bridgehead atoms. The Morgan fingerprint density at radius 2 is 1.13 bits per heavy atom. The van der Waals surface area contributed by atoms with E-state index in [1.165, 1.54) is 0 Å². The molecular weight excluding hydrogens is 188 g/mol. The number of hydrogen-bond donors (Lipinski definition) is 1. The molecule has 0 unspecified atom stereocenters. The average molecular weight is 214 g/mol. The lowest BCUT2D eigenvalue weighted by molar-refractivity contribution is -0.138. The molecule has 0 rings (SSSR count). The molecule has 0 aromatic carbocycles. The summed E-state index contributed by atoms with van der Waals surface area (Å²) in [5.74, 6) is -0.285. The van der Waals surface area contributed by atoms with Crippen molar-refractivity contribution in [2.75, 3.05) is 0 Å². The summed E-state index contributed by atoms with van der Waals surface area (Å²) in [5, 5.41) is 0. The average Bonchev–Trinajstić information content (AvgIpc) is 1.76. The first-order valence-electron chi connectivity index (χ1n) is 5.41. The van der Waals surface area contributed by atoms with Crippen LogP contribution in [0.5, 0.6) is 0 Å². The van der Waals surface area contributed by atoms with Crippen molar-refractivity contribution in [2.24, 2.45) is 5.73 Å². The quantitative estimate of drug-likeness (QED) is 0.765. The van der Waals surface area contributed by atoms with E-state index < -0.39 is 5.54 Å². The van der Waals surface area contributed by atoms with Crippen LogP contribution in [0.3, 0.4) is 0 Å². The van der Waals surface area contributed by atoms with Crippen molar-refractivity contribution in [2.45, 2.75) is 72.0 Å². The van der Waals surface area contributed by atoms with E-state index in [1.807, 2.05) is 13.8 Å². The number of carbonyl (C=O) groups excluding carboxylic acids is 1. The highest BCUT2D eigenvalue weighted by atomic mass is 16.1. The highest BCUT2D eigenvalue weighted by Gasteiger charge is 2.45. The van der Waals surface area contributed by atoms with Crippen LogP contribution in [0.2, 0.25) is 0 Å². The topological polar surface area (TPSA) is 46.3 Å². The SMILES string of the molecule is CC(C)(C)N(C(C)(C)C)C(C)(C)C(N)=O. The third kappa shape index (κ3) is 3.20. The molecule has 90 valence electrons. The van der Waals surface area contributed by atoms with Crippen LogP contribution < -0.4 is 5.73 Å². The highest BCUT2D eigenvalue weighted by Crippen LogP contribution is 2.33. The summed E-state index contributed by atoms with van der Waals surface area (Å²) in [7, 11) is 0. The molecule has 3 nitrogen and oxygen atoms in total. The van der Waals surface area contributed by atoms with Gasteiger partial charge in [0.2, 0.25) is 5.91 Å². The molecule has 0 aliphatic heterocycles. The molecule has 0 saturated heterocycles. The Balaban J connectivity index is 5.43. The molecule has 0 spiro atoms. The van der Waals surface area contributed by atoms with Crippen LogP contribution in [-0.4, -0.2) is 27.4 Å². The molecule has 0 aromatic heterocycles. The van der Waals surface area contributed by atoms with E-state index in [0.29, 0.717) is 0 Å². The van der Waals surface area contributed by atoms with Crippen molar-refractivity contribution in [1.29, 1.82) is 0 Å². The molecule has 0 saturated carbocycles. The van der Waals surface area contributed by atoms with Crippen LogP contribution in [0.1, 0.15) is 55.4 Å². The van der Waals surface area contributed by atoms with Crippen molar-refractivity contribution < 1.29 is 4.79 Å². The first-order chi connectivity index (χ1) is 6.31. The molecular formula is C12H26N2O. The Labute approximate surface area is 94.0 Å². The maximum absolute atomic E-state index is 11.5. The largest absolute Gasteiger partial charge is 0.368 e. The number of carbonyl (C=O) groups is 1. The highest BCUT2D eigenvalue weighted by molar-refractivity contribution is 5.83. The van der Waals surface area contributed by atoms with Crippen molar-refractivity contribution in [1.82, 2.24) is 4.90 Å². The summed E-state index contributed by atoms with van der Waals surface area (Å²) in [6.45, 7) is 16.4. The lowest BCUT2D eigenvalue weighted by Gasteiger charge is -2.53. The van der Waals surface area contributed by atoms with E-state index >= 15 is 0 Å². The van der Waals surface area contributed by atoms with Gasteiger partial charge in [0.15, 0.2) is 0 Å². The maximum atomic E-state index is 11.5. The van der Waals surface area contributed by atoms with Gasteiger partial charge in [-0.1, -0.05) is 0 Å². The number of nitrogens with zero attached hydrogens (tertiary/aromatic N) is 1. The van der Waals surface area contributed by atoms with Crippen LogP contribution in [0, 0.1) is 0 Å². The van der Waals surface area contributed by atoms with Gasteiger partial charge in [-0.2, -0.15) is 0 Å². The first kappa shape index (κ1) is 14.4.